The van der Waals surface area contributed by atoms with Gasteiger partial charge < -0.3 is 0 Å². The Balaban J connectivity index is 1.78. The summed E-state index contributed by atoms with van der Waals surface area (Å²) >= 11 is 5.11. The zero-order chi connectivity index (χ0) is 18.7. The monoisotopic (exact) mass is 437 g/mol. The number of thiazole rings is 1. The van der Waals surface area contributed by atoms with Crippen molar-refractivity contribution in [2.45, 2.75) is 20.3 Å². The highest BCUT2D eigenvalue weighted by Gasteiger charge is 2.35. The first kappa shape index (κ1) is 16.8. The Hall–Kier alpha value is -2.31. The largest absolute Gasteiger partial charge is 0.288 e. The Morgan fingerprint density at radius 3 is 2.70 bits per heavy atom. The van der Waals surface area contributed by atoms with E-state index in [4.69, 9.17) is 10.1 Å². The number of hydrogen-bond donors (Lipinski definition) is 0. The lowest BCUT2D eigenvalue weighted by molar-refractivity contribution is 0.104. The second-order valence-corrected chi connectivity index (χ2v) is 9.09. The van der Waals surface area contributed by atoms with Crippen molar-refractivity contribution in [1.29, 1.82) is 0 Å². The molecule has 0 bridgehead atoms. The van der Waals surface area contributed by atoms with Gasteiger partial charge in [-0.15, -0.1) is 0 Å². The number of benzene rings is 2. The second-order valence-electron chi connectivity index (χ2n) is 7.16. The first-order valence-corrected chi connectivity index (χ1v) is 10.5. The van der Waals surface area contributed by atoms with E-state index in [1.807, 2.05) is 41.1 Å². The van der Waals surface area contributed by atoms with Crippen LogP contribution in [0.15, 0.2) is 46.9 Å². The fourth-order valence-corrected chi connectivity index (χ4v) is 5.09. The summed E-state index contributed by atoms with van der Waals surface area (Å²) in [6, 6.07) is 13.8. The average Bonchev–Trinajstić information content (AvgIpc) is 3.28. The molecule has 2 heterocycles. The topological polar surface area (TPSA) is 47.8 Å². The molecule has 0 unspecified atom stereocenters. The Morgan fingerprint density at radius 1 is 1.15 bits per heavy atom. The molecule has 0 fully saturated rings. The number of fused-ring (bicyclic) bond motifs is 4. The molecule has 4 nitrogen and oxygen atoms in total. The van der Waals surface area contributed by atoms with Crippen LogP contribution >= 0.6 is 27.3 Å². The van der Waals surface area contributed by atoms with Gasteiger partial charge in [0.2, 0.25) is 5.13 Å². The highest BCUT2D eigenvalue weighted by molar-refractivity contribution is 9.10. The molecule has 6 heteroatoms. The standard InChI is InChI=1S/C21H16BrN3OS/c1-11(2)9-16-18-19(13-5-3-4-6-14(13)20(18)26)25(24-16)21-23-15-8-7-12(22)10-17(15)27-21/h3-8,10-11H,9H2,1-2H3. The van der Waals surface area contributed by atoms with Gasteiger partial charge in [-0.25, -0.2) is 9.67 Å². The van der Waals surface area contributed by atoms with Gasteiger partial charge in [-0.3, -0.25) is 4.79 Å². The summed E-state index contributed by atoms with van der Waals surface area (Å²) in [6.45, 7) is 4.29. The number of nitrogens with zero attached hydrogens (tertiary/aromatic N) is 3. The fraction of sp³-hybridized carbons (Fsp3) is 0.190. The summed E-state index contributed by atoms with van der Waals surface area (Å²) in [5, 5.41) is 5.63. The van der Waals surface area contributed by atoms with Gasteiger partial charge in [-0.2, -0.15) is 5.10 Å². The Bertz CT molecular complexity index is 1220. The van der Waals surface area contributed by atoms with Gasteiger partial charge in [0.05, 0.1) is 27.2 Å². The summed E-state index contributed by atoms with van der Waals surface area (Å²) in [6.07, 6.45) is 0.769. The van der Waals surface area contributed by atoms with E-state index in [0.29, 0.717) is 5.92 Å². The number of ketones is 1. The number of halogens is 1. The lowest BCUT2D eigenvalue weighted by Gasteiger charge is -2.04. The molecule has 0 spiro atoms. The van der Waals surface area contributed by atoms with Crippen LogP contribution in [0.2, 0.25) is 0 Å². The number of aromatic nitrogens is 3. The molecule has 27 heavy (non-hydrogen) atoms. The molecule has 1 aliphatic carbocycles. The molecule has 0 N–H and O–H groups in total. The van der Waals surface area contributed by atoms with Crippen LogP contribution in [0.25, 0.3) is 26.6 Å². The lowest BCUT2D eigenvalue weighted by atomic mass is 10.0. The number of rotatable bonds is 3. The predicted octanol–water partition coefficient (Wildman–Crippen LogP) is 5.65. The first-order valence-electron chi connectivity index (χ1n) is 8.85. The zero-order valence-electron chi connectivity index (χ0n) is 14.9. The van der Waals surface area contributed by atoms with Gasteiger partial charge in [-0.05, 0) is 30.5 Å². The molecule has 2 aromatic heterocycles. The molecule has 5 rings (SSSR count). The number of carbonyl (C=O) groups excluding carboxylic acids is 1. The molecule has 0 saturated carbocycles. The Morgan fingerprint density at radius 2 is 1.93 bits per heavy atom. The van der Waals surface area contributed by atoms with Crippen LogP contribution < -0.4 is 0 Å². The average molecular weight is 438 g/mol. The normalized spacial score (nSPS) is 12.8. The molecule has 0 atom stereocenters. The molecule has 0 aliphatic heterocycles. The summed E-state index contributed by atoms with van der Waals surface area (Å²) in [5.74, 6) is 0.492. The van der Waals surface area contributed by atoms with E-state index >= 15 is 0 Å². The Labute approximate surface area is 169 Å². The second kappa shape index (κ2) is 6.11. The van der Waals surface area contributed by atoms with Crippen LogP contribution in [0, 0.1) is 5.92 Å². The lowest BCUT2D eigenvalue weighted by Crippen LogP contribution is -2.04. The smallest absolute Gasteiger partial charge is 0.212 e. The van der Waals surface area contributed by atoms with Crippen LogP contribution in [0.5, 0.6) is 0 Å². The van der Waals surface area contributed by atoms with E-state index in [2.05, 4.69) is 35.8 Å². The molecule has 0 amide bonds. The van der Waals surface area contributed by atoms with Crippen molar-refractivity contribution < 1.29 is 4.79 Å². The highest BCUT2D eigenvalue weighted by Crippen LogP contribution is 2.41. The third kappa shape index (κ3) is 2.58. The number of hydrogen-bond acceptors (Lipinski definition) is 4. The quantitative estimate of drug-likeness (QED) is 0.366. The van der Waals surface area contributed by atoms with Crippen molar-refractivity contribution in [2.24, 2.45) is 5.92 Å². The summed E-state index contributed by atoms with van der Waals surface area (Å²) in [7, 11) is 0. The van der Waals surface area contributed by atoms with Gasteiger partial charge in [-0.1, -0.05) is 65.4 Å². The summed E-state index contributed by atoms with van der Waals surface area (Å²) in [4.78, 5) is 17.9. The third-order valence-electron chi connectivity index (χ3n) is 4.73. The minimum Gasteiger partial charge on any atom is -0.288 e. The fourth-order valence-electron chi connectivity index (χ4n) is 3.62. The zero-order valence-corrected chi connectivity index (χ0v) is 17.3. The van der Waals surface area contributed by atoms with Crippen LogP contribution in [0.3, 0.4) is 0 Å². The first-order chi connectivity index (χ1) is 13.0. The van der Waals surface area contributed by atoms with E-state index in [1.54, 1.807) is 11.3 Å². The SMILES string of the molecule is CC(C)Cc1nn(-c2nc3ccc(Br)cc3s2)c2c1C(=O)c1ccccc1-2. The van der Waals surface area contributed by atoms with Gasteiger partial charge in [0, 0.05) is 15.6 Å². The summed E-state index contributed by atoms with van der Waals surface area (Å²) < 4.78 is 3.98. The van der Waals surface area contributed by atoms with Gasteiger partial charge in [0.15, 0.2) is 5.78 Å². The molecule has 0 radical (unpaired) electrons. The molecular weight excluding hydrogens is 422 g/mol. The van der Waals surface area contributed by atoms with E-state index in [9.17, 15) is 4.79 Å². The van der Waals surface area contributed by atoms with E-state index in [0.717, 1.165) is 54.3 Å². The van der Waals surface area contributed by atoms with Crippen molar-refractivity contribution in [1.82, 2.24) is 14.8 Å². The van der Waals surface area contributed by atoms with E-state index < -0.39 is 0 Å². The highest BCUT2D eigenvalue weighted by atomic mass is 79.9. The van der Waals surface area contributed by atoms with Crippen LogP contribution in [0.1, 0.15) is 35.5 Å². The maximum Gasteiger partial charge on any atom is 0.212 e. The minimum atomic E-state index is 0.0753. The molecule has 134 valence electrons. The predicted molar refractivity (Wildman–Crippen MR) is 112 cm³/mol. The van der Waals surface area contributed by atoms with Gasteiger partial charge in [0.25, 0.3) is 0 Å². The minimum absolute atomic E-state index is 0.0753. The number of carbonyl (C=O) groups is 1. The van der Waals surface area contributed by atoms with Crippen LogP contribution in [-0.4, -0.2) is 20.5 Å². The van der Waals surface area contributed by atoms with Crippen molar-refractivity contribution in [3.05, 3.63) is 63.8 Å². The maximum atomic E-state index is 13.1. The maximum absolute atomic E-state index is 13.1. The van der Waals surface area contributed by atoms with Gasteiger partial charge in [0.1, 0.15) is 0 Å². The molecular formula is C21H16BrN3OS. The third-order valence-corrected chi connectivity index (χ3v) is 6.22. The molecule has 1 aliphatic rings. The van der Waals surface area contributed by atoms with Crippen molar-refractivity contribution in [3.63, 3.8) is 0 Å². The summed E-state index contributed by atoms with van der Waals surface area (Å²) in [5.41, 5.74) is 5.12. The Kier molecular flexibility index (Phi) is 3.81. The van der Waals surface area contributed by atoms with Gasteiger partial charge >= 0.3 is 0 Å². The van der Waals surface area contributed by atoms with Crippen molar-refractivity contribution in [3.8, 4) is 16.4 Å². The van der Waals surface area contributed by atoms with Crippen LogP contribution in [0.4, 0.5) is 0 Å². The molecule has 4 aromatic rings. The van der Waals surface area contributed by atoms with Crippen molar-refractivity contribution in [2.75, 3.05) is 0 Å². The van der Waals surface area contributed by atoms with E-state index in [1.165, 1.54) is 0 Å². The molecule has 0 saturated heterocycles. The van der Waals surface area contributed by atoms with Crippen LogP contribution in [-0.2, 0) is 6.42 Å². The van der Waals surface area contributed by atoms with Crippen molar-refractivity contribution >= 4 is 43.3 Å². The molecule has 2 aromatic carbocycles. The van der Waals surface area contributed by atoms with E-state index in [-0.39, 0.29) is 5.78 Å².